The highest BCUT2D eigenvalue weighted by molar-refractivity contribution is 4.91. The molecule has 2 heteroatoms. The summed E-state index contributed by atoms with van der Waals surface area (Å²) < 4.78 is 0. The molecule has 1 rings (SSSR count). The van der Waals surface area contributed by atoms with Crippen LogP contribution in [0, 0.1) is 0 Å². The number of nitrogens with zero attached hydrogens (tertiary/aromatic N) is 2. The first-order chi connectivity index (χ1) is 6.24. The second kappa shape index (κ2) is 5.15. The Labute approximate surface area is 82.2 Å². The predicted molar refractivity (Wildman–Crippen MR) is 57.2 cm³/mol. The Morgan fingerprint density at radius 2 is 2.08 bits per heavy atom. The third-order valence-electron chi connectivity index (χ3n) is 2.69. The Morgan fingerprint density at radius 1 is 1.31 bits per heavy atom. The van der Waals surface area contributed by atoms with E-state index in [9.17, 15) is 0 Å². The molecule has 0 spiro atoms. The van der Waals surface area contributed by atoms with Crippen LogP contribution in [-0.2, 0) is 0 Å². The molecule has 1 unspecified atom stereocenters. The van der Waals surface area contributed by atoms with Gasteiger partial charge in [0.1, 0.15) is 0 Å². The number of rotatable bonds is 5. The summed E-state index contributed by atoms with van der Waals surface area (Å²) in [5, 5.41) is 0. The lowest BCUT2D eigenvalue weighted by molar-refractivity contribution is 0.229. The van der Waals surface area contributed by atoms with Gasteiger partial charge in [0, 0.05) is 25.5 Å². The van der Waals surface area contributed by atoms with Gasteiger partial charge >= 0.3 is 0 Å². The average molecular weight is 182 g/mol. The summed E-state index contributed by atoms with van der Waals surface area (Å²) in [6.07, 6.45) is 9.74. The van der Waals surface area contributed by atoms with Gasteiger partial charge in [0.05, 0.1) is 6.67 Å². The standard InChI is InChI=1S/C11H22N2/c1-4-5-6-7-11(2)13-9-8-12(3)10-13/h8-9,11H,4-7,10H2,1-3H3. The van der Waals surface area contributed by atoms with Gasteiger partial charge in [-0.05, 0) is 13.3 Å². The van der Waals surface area contributed by atoms with E-state index in [1.807, 2.05) is 0 Å². The SMILES string of the molecule is CCCCCC(C)N1C=CN(C)C1. The van der Waals surface area contributed by atoms with Crippen molar-refractivity contribution in [2.24, 2.45) is 0 Å². The molecule has 0 fully saturated rings. The van der Waals surface area contributed by atoms with E-state index in [0.717, 1.165) is 6.67 Å². The topological polar surface area (TPSA) is 6.48 Å². The van der Waals surface area contributed by atoms with Crippen LogP contribution in [0.15, 0.2) is 12.4 Å². The summed E-state index contributed by atoms with van der Waals surface area (Å²) in [7, 11) is 2.12. The molecule has 0 aliphatic carbocycles. The van der Waals surface area contributed by atoms with Crippen LogP contribution in [0.4, 0.5) is 0 Å². The second-order valence-electron chi connectivity index (χ2n) is 4.06. The Hall–Kier alpha value is -0.660. The van der Waals surface area contributed by atoms with Crippen molar-refractivity contribution >= 4 is 0 Å². The van der Waals surface area contributed by atoms with E-state index in [1.54, 1.807) is 0 Å². The molecule has 76 valence electrons. The van der Waals surface area contributed by atoms with Gasteiger partial charge < -0.3 is 9.80 Å². The molecule has 13 heavy (non-hydrogen) atoms. The largest absolute Gasteiger partial charge is 0.362 e. The van der Waals surface area contributed by atoms with Crippen LogP contribution in [0.2, 0.25) is 0 Å². The van der Waals surface area contributed by atoms with Crippen molar-refractivity contribution in [3.8, 4) is 0 Å². The van der Waals surface area contributed by atoms with Gasteiger partial charge in [-0.15, -0.1) is 0 Å². The van der Waals surface area contributed by atoms with Crippen LogP contribution in [0.1, 0.15) is 39.5 Å². The van der Waals surface area contributed by atoms with E-state index in [-0.39, 0.29) is 0 Å². The summed E-state index contributed by atoms with van der Waals surface area (Å²) in [5.41, 5.74) is 0. The fourth-order valence-electron chi connectivity index (χ4n) is 1.69. The minimum Gasteiger partial charge on any atom is -0.362 e. The minimum atomic E-state index is 0.702. The first kappa shape index (κ1) is 10.4. The van der Waals surface area contributed by atoms with Crippen molar-refractivity contribution in [3.05, 3.63) is 12.4 Å². The predicted octanol–water partition coefficient (Wildman–Crippen LogP) is 2.63. The molecular weight excluding hydrogens is 160 g/mol. The van der Waals surface area contributed by atoms with Crippen molar-refractivity contribution in [1.82, 2.24) is 9.80 Å². The highest BCUT2D eigenvalue weighted by atomic mass is 15.3. The van der Waals surface area contributed by atoms with Crippen LogP contribution in [0.25, 0.3) is 0 Å². The molecule has 0 amide bonds. The van der Waals surface area contributed by atoms with Crippen LogP contribution >= 0.6 is 0 Å². The quantitative estimate of drug-likeness (QED) is 0.603. The lowest BCUT2D eigenvalue weighted by atomic mass is 10.1. The van der Waals surface area contributed by atoms with Gasteiger partial charge in [0.15, 0.2) is 0 Å². The Balaban J connectivity index is 2.16. The lowest BCUT2D eigenvalue weighted by Crippen LogP contribution is -2.30. The van der Waals surface area contributed by atoms with Gasteiger partial charge in [-0.1, -0.05) is 26.2 Å². The molecule has 1 atom stereocenters. The fourth-order valence-corrected chi connectivity index (χ4v) is 1.69. The van der Waals surface area contributed by atoms with Gasteiger partial charge in [-0.2, -0.15) is 0 Å². The van der Waals surface area contributed by atoms with Crippen molar-refractivity contribution in [2.75, 3.05) is 13.7 Å². The highest BCUT2D eigenvalue weighted by Crippen LogP contribution is 2.14. The molecule has 0 saturated heterocycles. The first-order valence-corrected chi connectivity index (χ1v) is 5.38. The minimum absolute atomic E-state index is 0.702. The van der Waals surface area contributed by atoms with E-state index in [4.69, 9.17) is 0 Å². The third-order valence-corrected chi connectivity index (χ3v) is 2.69. The monoisotopic (exact) mass is 182 g/mol. The van der Waals surface area contributed by atoms with Crippen molar-refractivity contribution < 1.29 is 0 Å². The number of unbranched alkanes of at least 4 members (excludes halogenated alkanes) is 2. The smallest absolute Gasteiger partial charge is 0.0893 e. The van der Waals surface area contributed by atoms with Crippen molar-refractivity contribution in [3.63, 3.8) is 0 Å². The zero-order valence-corrected chi connectivity index (χ0v) is 9.16. The van der Waals surface area contributed by atoms with E-state index in [0.29, 0.717) is 6.04 Å². The molecule has 0 radical (unpaired) electrons. The first-order valence-electron chi connectivity index (χ1n) is 5.38. The number of hydrogen-bond donors (Lipinski definition) is 0. The molecule has 1 aliphatic rings. The highest BCUT2D eigenvalue weighted by Gasteiger charge is 2.14. The molecule has 1 aliphatic heterocycles. The lowest BCUT2D eigenvalue weighted by Gasteiger charge is -2.25. The van der Waals surface area contributed by atoms with Crippen LogP contribution in [0.3, 0.4) is 0 Å². The van der Waals surface area contributed by atoms with Gasteiger partial charge in [0.2, 0.25) is 0 Å². The molecule has 0 saturated carbocycles. The molecule has 0 N–H and O–H groups in total. The van der Waals surface area contributed by atoms with E-state index < -0.39 is 0 Å². The van der Waals surface area contributed by atoms with Crippen LogP contribution < -0.4 is 0 Å². The van der Waals surface area contributed by atoms with E-state index in [2.05, 4.69) is 43.1 Å². The third kappa shape index (κ3) is 3.29. The molecule has 0 aromatic heterocycles. The zero-order valence-electron chi connectivity index (χ0n) is 9.16. The normalized spacial score (nSPS) is 18.4. The number of hydrogen-bond acceptors (Lipinski definition) is 2. The van der Waals surface area contributed by atoms with Gasteiger partial charge in [0.25, 0.3) is 0 Å². The molecule has 2 nitrogen and oxygen atoms in total. The Bertz CT molecular complexity index is 165. The Morgan fingerprint density at radius 3 is 2.62 bits per heavy atom. The maximum absolute atomic E-state index is 2.41. The van der Waals surface area contributed by atoms with E-state index >= 15 is 0 Å². The maximum Gasteiger partial charge on any atom is 0.0893 e. The molecule has 0 bridgehead atoms. The summed E-state index contributed by atoms with van der Waals surface area (Å²) in [6, 6.07) is 0.702. The molecule has 1 heterocycles. The molecule has 0 aromatic rings. The van der Waals surface area contributed by atoms with E-state index in [1.165, 1.54) is 25.7 Å². The van der Waals surface area contributed by atoms with Crippen molar-refractivity contribution in [1.29, 1.82) is 0 Å². The Kier molecular flexibility index (Phi) is 4.13. The average Bonchev–Trinajstić information content (AvgIpc) is 2.52. The van der Waals surface area contributed by atoms with Crippen LogP contribution in [0.5, 0.6) is 0 Å². The maximum atomic E-state index is 2.41. The zero-order chi connectivity index (χ0) is 9.68. The summed E-state index contributed by atoms with van der Waals surface area (Å²) >= 11 is 0. The fraction of sp³-hybridized carbons (Fsp3) is 0.818. The summed E-state index contributed by atoms with van der Waals surface area (Å²) in [5.74, 6) is 0. The molecular formula is C11H22N2. The van der Waals surface area contributed by atoms with Crippen molar-refractivity contribution in [2.45, 2.75) is 45.6 Å². The summed E-state index contributed by atoms with van der Waals surface area (Å²) in [6.45, 7) is 5.64. The van der Waals surface area contributed by atoms with Crippen LogP contribution in [-0.4, -0.2) is 29.6 Å². The summed E-state index contributed by atoms with van der Waals surface area (Å²) in [4.78, 5) is 4.63. The van der Waals surface area contributed by atoms with Gasteiger partial charge in [-0.25, -0.2) is 0 Å². The van der Waals surface area contributed by atoms with Gasteiger partial charge in [-0.3, -0.25) is 0 Å². The molecule has 0 aromatic carbocycles. The second-order valence-corrected chi connectivity index (χ2v) is 4.06.